The third kappa shape index (κ3) is 4.69. The highest BCUT2D eigenvalue weighted by Crippen LogP contribution is 2.37. The monoisotopic (exact) mass is 390 g/mol. The molecule has 0 atom stereocenters. The Bertz CT molecular complexity index is 891. The number of rotatable bonds is 7. The third-order valence-electron chi connectivity index (χ3n) is 6.17. The molecule has 0 bridgehead atoms. The van der Waals surface area contributed by atoms with Crippen LogP contribution in [0.2, 0.25) is 0 Å². The average Bonchev–Trinajstić information content (AvgIpc) is 3.28. The van der Waals surface area contributed by atoms with E-state index in [0.29, 0.717) is 11.8 Å². The first-order chi connectivity index (χ1) is 14.3. The summed E-state index contributed by atoms with van der Waals surface area (Å²) >= 11 is 0. The topological polar surface area (TPSA) is 48.2 Å². The summed E-state index contributed by atoms with van der Waals surface area (Å²) in [6.45, 7) is 2.27. The van der Waals surface area contributed by atoms with Crippen molar-refractivity contribution in [3.8, 4) is 28.3 Å². The molecule has 0 aliphatic heterocycles. The number of methoxy groups -OCH3 is 1. The molecule has 0 radical (unpaired) electrons. The van der Waals surface area contributed by atoms with Crippen LogP contribution in [0.15, 0.2) is 53.1 Å². The van der Waals surface area contributed by atoms with Crippen molar-refractivity contribution in [2.45, 2.75) is 57.8 Å². The Morgan fingerprint density at radius 3 is 2.14 bits per heavy atom. The minimum absolute atomic E-state index is 0.448. The van der Waals surface area contributed by atoms with Gasteiger partial charge in [-0.3, -0.25) is 0 Å². The van der Waals surface area contributed by atoms with Crippen molar-refractivity contribution >= 4 is 0 Å². The lowest BCUT2D eigenvalue weighted by Gasteiger charge is -2.26. The van der Waals surface area contributed by atoms with Gasteiger partial charge in [-0.05, 0) is 67.0 Å². The summed E-state index contributed by atoms with van der Waals surface area (Å²) in [5.41, 5.74) is 3.28. The smallest absolute Gasteiger partial charge is 0.257 e. The summed E-state index contributed by atoms with van der Waals surface area (Å²) in [5.74, 6) is 3.71. The van der Waals surface area contributed by atoms with Gasteiger partial charge in [-0.2, -0.15) is 4.98 Å². The Morgan fingerprint density at radius 1 is 0.897 bits per heavy atom. The number of ether oxygens (including phenoxy) is 1. The van der Waals surface area contributed by atoms with Crippen molar-refractivity contribution in [2.24, 2.45) is 5.92 Å². The second-order valence-electron chi connectivity index (χ2n) is 8.12. The number of aromatic nitrogens is 2. The Kier molecular flexibility index (Phi) is 6.28. The molecule has 3 aromatic rings. The maximum Gasteiger partial charge on any atom is 0.257 e. The summed E-state index contributed by atoms with van der Waals surface area (Å²) in [4.78, 5) is 4.72. The lowest BCUT2D eigenvalue weighted by atomic mass is 9.79. The SMILES string of the molecule is CCCCC1CCC(c2noc(-c3ccc(-c4ccc(OC)cc4)cc3)n2)CC1. The third-order valence-corrected chi connectivity index (χ3v) is 6.17. The van der Waals surface area contributed by atoms with E-state index < -0.39 is 0 Å². The fourth-order valence-electron chi connectivity index (χ4n) is 4.31. The molecule has 0 saturated heterocycles. The molecule has 1 heterocycles. The van der Waals surface area contributed by atoms with Gasteiger partial charge < -0.3 is 9.26 Å². The molecule has 1 aliphatic carbocycles. The fraction of sp³-hybridized carbons (Fsp3) is 0.440. The number of unbranched alkanes of at least 4 members (excludes halogenated alkanes) is 1. The lowest BCUT2D eigenvalue weighted by Crippen LogP contribution is -2.14. The molecule has 1 aromatic heterocycles. The van der Waals surface area contributed by atoms with Crippen molar-refractivity contribution in [3.63, 3.8) is 0 Å². The van der Waals surface area contributed by atoms with E-state index >= 15 is 0 Å². The highest BCUT2D eigenvalue weighted by Gasteiger charge is 2.25. The fourth-order valence-corrected chi connectivity index (χ4v) is 4.31. The molecular weight excluding hydrogens is 360 g/mol. The standard InChI is InChI=1S/C25H30N2O2/c1-3-4-5-18-6-8-21(9-7-18)24-26-25(29-27-24)22-12-10-19(11-13-22)20-14-16-23(28-2)17-15-20/h10-18,21H,3-9H2,1-2H3. The van der Waals surface area contributed by atoms with E-state index in [1.165, 1.54) is 44.9 Å². The maximum atomic E-state index is 5.59. The van der Waals surface area contributed by atoms with Crippen LogP contribution in [0.3, 0.4) is 0 Å². The van der Waals surface area contributed by atoms with Crippen LogP contribution in [-0.4, -0.2) is 17.3 Å². The molecule has 0 amide bonds. The molecule has 1 fully saturated rings. The number of benzene rings is 2. The second-order valence-corrected chi connectivity index (χ2v) is 8.12. The number of hydrogen-bond acceptors (Lipinski definition) is 4. The van der Waals surface area contributed by atoms with E-state index in [0.717, 1.165) is 34.2 Å². The van der Waals surface area contributed by atoms with Crippen LogP contribution >= 0.6 is 0 Å². The van der Waals surface area contributed by atoms with Gasteiger partial charge in [-0.15, -0.1) is 0 Å². The zero-order valence-electron chi connectivity index (χ0n) is 17.4. The van der Waals surface area contributed by atoms with E-state index in [1.807, 2.05) is 12.1 Å². The van der Waals surface area contributed by atoms with Crippen molar-refractivity contribution in [1.29, 1.82) is 0 Å². The minimum atomic E-state index is 0.448. The first-order valence-electron chi connectivity index (χ1n) is 10.8. The van der Waals surface area contributed by atoms with Gasteiger partial charge in [-0.25, -0.2) is 0 Å². The van der Waals surface area contributed by atoms with E-state index in [9.17, 15) is 0 Å². The van der Waals surface area contributed by atoms with Gasteiger partial charge in [0.2, 0.25) is 0 Å². The van der Waals surface area contributed by atoms with E-state index in [4.69, 9.17) is 14.2 Å². The zero-order chi connectivity index (χ0) is 20.1. The van der Waals surface area contributed by atoms with Crippen LogP contribution in [-0.2, 0) is 0 Å². The van der Waals surface area contributed by atoms with Crippen LogP contribution < -0.4 is 4.74 Å². The van der Waals surface area contributed by atoms with E-state index in [1.54, 1.807) is 7.11 Å². The molecule has 0 N–H and O–H groups in total. The summed E-state index contributed by atoms with van der Waals surface area (Å²) in [5, 5.41) is 4.30. The molecule has 4 heteroatoms. The molecule has 1 saturated carbocycles. The molecule has 0 unspecified atom stereocenters. The van der Waals surface area contributed by atoms with Gasteiger partial charge >= 0.3 is 0 Å². The van der Waals surface area contributed by atoms with Crippen LogP contribution in [0.4, 0.5) is 0 Å². The molecule has 152 valence electrons. The Labute approximate surface area is 173 Å². The molecule has 29 heavy (non-hydrogen) atoms. The molecule has 4 nitrogen and oxygen atoms in total. The van der Waals surface area contributed by atoms with Crippen molar-refractivity contribution in [3.05, 3.63) is 54.4 Å². The minimum Gasteiger partial charge on any atom is -0.497 e. The second kappa shape index (κ2) is 9.25. The van der Waals surface area contributed by atoms with Gasteiger partial charge in [-0.1, -0.05) is 55.6 Å². The normalized spacial score (nSPS) is 19.2. The van der Waals surface area contributed by atoms with Crippen molar-refractivity contribution in [2.75, 3.05) is 7.11 Å². The highest BCUT2D eigenvalue weighted by atomic mass is 16.5. The predicted molar refractivity (Wildman–Crippen MR) is 116 cm³/mol. The molecule has 1 aliphatic rings. The molecule has 0 spiro atoms. The van der Waals surface area contributed by atoms with Gasteiger partial charge in [0.15, 0.2) is 5.82 Å². The Balaban J connectivity index is 1.40. The first kappa shape index (κ1) is 19.7. The van der Waals surface area contributed by atoms with Crippen LogP contribution in [0.1, 0.15) is 63.6 Å². The largest absolute Gasteiger partial charge is 0.497 e. The quantitative estimate of drug-likeness (QED) is 0.441. The Morgan fingerprint density at radius 2 is 1.52 bits per heavy atom. The van der Waals surface area contributed by atoms with Crippen LogP contribution in [0, 0.1) is 5.92 Å². The summed E-state index contributed by atoms with van der Waals surface area (Å²) in [6.07, 6.45) is 8.99. The molecular formula is C25H30N2O2. The zero-order valence-corrected chi connectivity index (χ0v) is 17.4. The predicted octanol–water partition coefficient (Wildman–Crippen LogP) is 6.88. The number of hydrogen-bond donors (Lipinski definition) is 0. The summed E-state index contributed by atoms with van der Waals surface area (Å²) < 4.78 is 10.8. The van der Waals surface area contributed by atoms with Gasteiger partial charge in [0.1, 0.15) is 5.75 Å². The summed E-state index contributed by atoms with van der Waals surface area (Å²) in [7, 11) is 1.68. The van der Waals surface area contributed by atoms with Gasteiger partial charge in [0, 0.05) is 11.5 Å². The van der Waals surface area contributed by atoms with Gasteiger partial charge in [0.25, 0.3) is 5.89 Å². The summed E-state index contributed by atoms with van der Waals surface area (Å²) in [6, 6.07) is 16.4. The van der Waals surface area contributed by atoms with Crippen molar-refractivity contribution in [1.82, 2.24) is 10.1 Å². The van der Waals surface area contributed by atoms with Crippen LogP contribution in [0.25, 0.3) is 22.6 Å². The average molecular weight is 391 g/mol. The molecule has 4 rings (SSSR count). The first-order valence-corrected chi connectivity index (χ1v) is 10.8. The van der Waals surface area contributed by atoms with Crippen molar-refractivity contribution < 1.29 is 9.26 Å². The van der Waals surface area contributed by atoms with Crippen LogP contribution in [0.5, 0.6) is 5.75 Å². The highest BCUT2D eigenvalue weighted by molar-refractivity contribution is 5.67. The Hall–Kier alpha value is -2.62. The lowest BCUT2D eigenvalue weighted by molar-refractivity contribution is 0.293. The van der Waals surface area contributed by atoms with E-state index in [-0.39, 0.29) is 0 Å². The van der Waals surface area contributed by atoms with E-state index in [2.05, 4.69) is 48.5 Å². The maximum absolute atomic E-state index is 5.59. The number of nitrogens with zero attached hydrogens (tertiary/aromatic N) is 2. The molecule has 2 aromatic carbocycles. The van der Waals surface area contributed by atoms with Gasteiger partial charge in [0.05, 0.1) is 7.11 Å².